The predicted molar refractivity (Wildman–Crippen MR) is 88.7 cm³/mol. The molecule has 3 aliphatic heterocycles. The van der Waals surface area contributed by atoms with Gasteiger partial charge in [-0.2, -0.15) is 0 Å². The molecule has 3 aliphatic rings. The number of halogens is 1. The van der Waals surface area contributed by atoms with Gasteiger partial charge in [-0.05, 0) is 40.9 Å². The summed E-state index contributed by atoms with van der Waals surface area (Å²) in [5.41, 5.74) is 2.30. The van der Waals surface area contributed by atoms with Gasteiger partial charge in [0.25, 0.3) is 0 Å². The van der Waals surface area contributed by atoms with E-state index < -0.39 is 0 Å². The summed E-state index contributed by atoms with van der Waals surface area (Å²) in [6, 6.07) is 5.40. The van der Waals surface area contributed by atoms with E-state index in [1.165, 1.54) is 12.0 Å². The Labute approximate surface area is 138 Å². The van der Waals surface area contributed by atoms with Gasteiger partial charge in [0.05, 0.1) is 0 Å². The van der Waals surface area contributed by atoms with E-state index in [0.717, 1.165) is 35.6 Å². The predicted octanol–water partition coefficient (Wildman–Crippen LogP) is 2.41. The lowest BCUT2D eigenvalue weighted by molar-refractivity contribution is 0.107. The monoisotopic (exact) mass is 359 g/mol. The van der Waals surface area contributed by atoms with Crippen molar-refractivity contribution in [1.29, 1.82) is 0 Å². The summed E-state index contributed by atoms with van der Waals surface area (Å²) in [7, 11) is 0. The van der Waals surface area contributed by atoms with E-state index in [2.05, 4.69) is 52.8 Å². The number of nitrogens with zero attached hydrogens (tertiary/aromatic N) is 5. The number of aryl methyl sites for hydroxylation is 1. The van der Waals surface area contributed by atoms with E-state index in [0.29, 0.717) is 12.1 Å². The molecule has 0 aromatic carbocycles. The fraction of sp³-hybridized carbons (Fsp3) is 0.438. The summed E-state index contributed by atoms with van der Waals surface area (Å²) in [5, 5.41) is 0. The third-order valence-electron chi connectivity index (χ3n) is 4.49. The van der Waals surface area contributed by atoms with E-state index in [1.54, 1.807) is 6.33 Å². The van der Waals surface area contributed by atoms with E-state index in [-0.39, 0.29) is 0 Å². The Kier molecular flexibility index (Phi) is 3.58. The van der Waals surface area contributed by atoms with Gasteiger partial charge < -0.3 is 4.90 Å². The first-order chi connectivity index (χ1) is 10.7. The third-order valence-corrected chi connectivity index (χ3v) is 4.92. The van der Waals surface area contributed by atoms with Crippen molar-refractivity contribution in [2.75, 3.05) is 18.0 Å². The molecule has 5 nitrogen and oxygen atoms in total. The zero-order valence-electron chi connectivity index (χ0n) is 12.5. The molecule has 6 heteroatoms. The molecule has 3 saturated heterocycles. The van der Waals surface area contributed by atoms with Crippen LogP contribution >= 0.6 is 15.9 Å². The molecule has 2 aromatic rings. The van der Waals surface area contributed by atoms with Crippen molar-refractivity contribution in [3.05, 3.63) is 46.6 Å². The van der Waals surface area contributed by atoms with Crippen molar-refractivity contribution in [3.63, 3.8) is 0 Å². The zero-order chi connectivity index (χ0) is 15.1. The van der Waals surface area contributed by atoms with Crippen molar-refractivity contribution in [2.24, 2.45) is 0 Å². The van der Waals surface area contributed by atoms with Crippen molar-refractivity contribution < 1.29 is 0 Å². The Morgan fingerprint density at radius 1 is 1.18 bits per heavy atom. The van der Waals surface area contributed by atoms with Crippen LogP contribution in [0.15, 0.2) is 35.3 Å². The Morgan fingerprint density at radius 2 is 2.00 bits per heavy atom. The van der Waals surface area contributed by atoms with Gasteiger partial charge in [0, 0.05) is 60.3 Å². The summed E-state index contributed by atoms with van der Waals surface area (Å²) >= 11 is 3.49. The quantitative estimate of drug-likeness (QED) is 0.841. The van der Waals surface area contributed by atoms with Crippen molar-refractivity contribution >= 4 is 21.7 Å². The molecule has 0 spiro atoms. The topological polar surface area (TPSA) is 45.2 Å². The lowest BCUT2D eigenvalue weighted by Crippen LogP contribution is -2.69. The number of anilines is 1. The third kappa shape index (κ3) is 2.61. The molecule has 22 heavy (non-hydrogen) atoms. The molecule has 0 amide bonds. The average Bonchev–Trinajstić information content (AvgIpc) is 2.47. The maximum Gasteiger partial charge on any atom is 0.132 e. The van der Waals surface area contributed by atoms with Crippen LogP contribution in [-0.4, -0.2) is 45.0 Å². The van der Waals surface area contributed by atoms with Gasteiger partial charge in [0.2, 0.25) is 0 Å². The van der Waals surface area contributed by atoms with E-state index in [4.69, 9.17) is 0 Å². The number of pyridine rings is 1. The highest BCUT2D eigenvalue weighted by atomic mass is 79.9. The second-order valence-electron chi connectivity index (χ2n) is 6.17. The normalized spacial score (nSPS) is 24.2. The molecule has 2 atom stereocenters. The average molecular weight is 360 g/mol. The largest absolute Gasteiger partial charge is 0.348 e. The van der Waals surface area contributed by atoms with Crippen LogP contribution in [0, 0.1) is 6.92 Å². The Bertz CT molecular complexity index is 680. The van der Waals surface area contributed by atoms with Gasteiger partial charge in [0.1, 0.15) is 12.1 Å². The first-order valence-electron chi connectivity index (χ1n) is 7.58. The number of piperazine rings is 1. The molecular formula is C16H18BrN5. The van der Waals surface area contributed by atoms with E-state index >= 15 is 0 Å². The first kappa shape index (κ1) is 14.1. The van der Waals surface area contributed by atoms with Gasteiger partial charge in [-0.15, -0.1) is 0 Å². The molecule has 0 radical (unpaired) electrons. The number of aromatic nitrogens is 3. The summed E-state index contributed by atoms with van der Waals surface area (Å²) in [6.07, 6.45) is 6.73. The SMILES string of the molecule is Cc1cc(N2C3CC2CN(Cc2cncc(Br)c2)C3)ncn1. The molecule has 5 heterocycles. The highest BCUT2D eigenvalue weighted by Gasteiger charge is 2.45. The van der Waals surface area contributed by atoms with Crippen LogP contribution in [0.25, 0.3) is 0 Å². The highest BCUT2D eigenvalue weighted by Crippen LogP contribution is 2.36. The Hall–Kier alpha value is -1.53. The minimum atomic E-state index is 0.577. The minimum Gasteiger partial charge on any atom is -0.348 e. The lowest BCUT2D eigenvalue weighted by Gasteiger charge is -2.57. The Balaban J connectivity index is 1.44. The molecule has 5 rings (SSSR count). The van der Waals surface area contributed by atoms with Crippen LogP contribution in [0.3, 0.4) is 0 Å². The summed E-state index contributed by atoms with van der Waals surface area (Å²) in [6.45, 7) is 5.17. The summed E-state index contributed by atoms with van der Waals surface area (Å²) in [5.74, 6) is 1.08. The second kappa shape index (κ2) is 5.59. The molecule has 0 N–H and O–H groups in total. The molecule has 2 unspecified atom stereocenters. The molecular weight excluding hydrogens is 342 g/mol. The maximum absolute atomic E-state index is 4.44. The highest BCUT2D eigenvalue weighted by molar-refractivity contribution is 9.10. The standard InChI is InChI=1S/C16H18BrN5/c1-11-2-16(20-10-19-11)22-14-4-15(22)9-21(8-14)7-12-3-13(17)6-18-5-12/h2-3,5-6,10,14-15H,4,7-9H2,1H3. The van der Waals surface area contributed by atoms with Crippen molar-refractivity contribution in [1.82, 2.24) is 19.9 Å². The molecule has 0 saturated carbocycles. The van der Waals surface area contributed by atoms with Gasteiger partial charge in [0.15, 0.2) is 0 Å². The van der Waals surface area contributed by atoms with Crippen LogP contribution in [0.1, 0.15) is 17.7 Å². The molecule has 2 aromatic heterocycles. The van der Waals surface area contributed by atoms with Crippen LogP contribution < -0.4 is 4.90 Å². The van der Waals surface area contributed by atoms with E-state index in [1.807, 2.05) is 19.3 Å². The summed E-state index contributed by atoms with van der Waals surface area (Å²) < 4.78 is 1.05. The van der Waals surface area contributed by atoms with Gasteiger partial charge in [-0.3, -0.25) is 9.88 Å². The fourth-order valence-corrected chi connectivity index (χ4v) is 3.99. The number of hydrogen-bond donors (Lipinski definition) is 0. The van der Waals surface area contributed by atoms with E-state index in [9.17, 15) is 0 Å². The van der Waals surface area contributed by atoms with Crippen LogP contribution in [-0.2, 0) is 6.54 Å². The number of fused-ring (bicyclic) bond motifs is 2. The van der Waals surface area contributed by atoms with Crippen LogP contribution in [0.2, 0.25) is 0 Å². The fourth-order valence-electron chi connectivity index (χ4n) is 3.58. The smallest absolute Gasteiger partial charge is 0.132 e. The zero-order valence-corrected chi connectivity index (χ0v) is 14.1. The van der Waals surface area contributed by atoms with Gasteiger partial charge in [-0.1, -0.05) is 0 Å². The van der Waals surface area contributed by atoms with Crippen molar-refractivity contribution in [3.8, 4) is 0 Å². The molecule has 0 aliphatic carbocycles. The van der Waals surface area contributed by atoms with Crippen LogP contribution in [0.4, 0.5) is 5.82 Å². The maximum atomic E-state index is 4.44. The second-order valence-corrected chi connectivity index (χ2v) is 7.09. The van der Waals surface area contributed by atoms with Gasteiger partial charge in [-0.25, -0.2) is 9.97 Å². The van der Waals surface area contributed by atoms with Crippen molar-refractivity contribution in [2.45, 2.75) is 32.0 Å². The number of hydrogen-bond acceptors (Lipinski definition) is 5. The summed E-state index contributed by atoms with van der Waals surface area (Å²) in [4.78, 5) is 17.9. The first-order valence-corrected chi connectivity index (χ1v) is 8.37. The minimum absolute atomic E-state index is 0.577. The molecule has 114 valence electrons. The Morgan fingerprint density at radius 3 is 2.73 bits per heavy atom. The number of piperidine rings is 1. The molecule has 3 fully saturated rings. The van der Waals surface area contributed by atoms with Crippen LogP contribution in [0.5, 0.6) is 0 Å². The number of rotatable bonds is 3. The molecule has 2 bridgehead atoms. The lowest BCUT2D eigenvalue weighted by atomic mass is 9.87. The van der Waals surface area contributed by atoms with Gasteiger partial charge >= 0.3 is 0 Å².